The van der Waals surface area contributed by atoms with Gasteiger partial charge < -0.3 is 9.47 Å². The second-order valence-corrected chi connectivity index (χ2v) is 2.85. The number of methoxy groups -OCH3 is 1. The van der Waals surface area contributed by atoms with Crippen LogP contribution in [-0.2, 0) is 4.74 Å². The zero-order valence-electron chi connectivity index (χ0n) is 7.66. The highest BCUT2D eigenvalue weighted by atomic mass is 16.6. The third kappa shape index (κ3) is 1.06. The maximum Gasteiger partial charge on any atom is 0.365 e. The van der Waals surface area contributed by atoms with Crippen LogP contribution in [-0.4, -0.2) is 24.0 Å². The number of carbonyl (C=O) groups is 2. The van der Waals surface area contributed by atoms with Crippen molar-refractivity contribution in [3.8, 4) is 5.75 Å². The van der Waals surface area contributed by atoms with Gasteiger partial charge in [-0.25, -0.2) is 14.6 Å². The van der Waals surface area contributed by atoms with E-state index in [9.17, 15) is 9.59 Å². The SMILES string of the molecule is COc1cc2c(nc1C)C(=O)OC2=O. The van der Waals surface area contributed by atoms with E-state index in [1.165, 1.54) is 13.2 Å². The average Bonchev–Trinajstić information content (AvgIpc) is 2.41. The van der Waals surface area contributed by atoms with E-state index >= 15 is 0 Å². The van der Waals surface area contributed by atoms with E-state index in [-0.39, 0.29) is 11.3 Å². The number of hydrogen-bond donors (Lipinski definition) is 0. The molecule has 0 bridgehead atoms. The van der Waals surface area contributed by atoms with E-state index in [4.69, 9.17) is 4.74 Å². The van der Waals surface area contributed by atoms with E-state index in [1.54, 1.807) is 6.92 Å². The molecule has 0 radical (unpaired) electrons. The summed E-state index contributed by atoms with van der Waals surface area (Å²) < 4.78 is 9.36. The molecule has 0 atom stereocenters. The number of pyridine rings is 1. The molecular weight excluding hydrogens is 186 g/mol. The van der Waals surface area contributed by atoms with Crippen molar-refractivity contribution in [1.29, 1.82) is 0 Å². The van der Waals surface area contributed by atoms with Crippen LogP contribution < -0.4 is 4.74 Å². The first-order chi connectivity index (χ1) is 6.63. The predicted octanol–water partition coefficient (Wildman–Crippen LogP) is 0.709. The Bertz CT molecular complexity index is 439. The molecule has 1 aliphatic rings. The van der Waals surface area contributed by atoms with Crippen LogP contribution in [0, 0.1) is 6.92 Å². The molecule has 1 aromatic heterocycles. The average molecular weight is 193 g/mol. The van der Waals surface area contributed by atoms with Gasteiger partial charge in [-0.2, -0.15) is 0 Å². The molecule has 0 spiro atoms. The van der Waals surface area contributed by atoms with E-state index in [1.807, 2.05) is 0 Å². The number of rotatable bonds is 1. The van der Waals surface area contributed by atoms with Gasteiger partial charge >= 0.3 is 11.9 Å². The number of cyclic esters (lactones) is 2. The lowest BCUT2D eigenvalue weighted by Gasteiger charge is -2.03. The minimum absolute atomic E-state index is 0.0632. The number of carbonyl (C=O) groups excluding carboxylic acids is 2. The first-order valence-corrected chi connectivity index (χ1v) is 3.95. The lowest BCUT2D eigenvalue weighted by Crippen LogP contribution is -2.00. The van der Waals surface area contributed by atoms with Crippen molar-refractivity contribution in [1.82, 2.24) is 4.98 Å². The maximum absolute atomic E-state index is 11.1. The number of aromatic nitrogens is 1. The molecule has 0 amide bonds. The monoisotopic (exact) mass is 193 g/mol. The Morgan fingerprint density at radius 2 is 2.07 bits per heavy atom. The Hall–Kier alpha value is -1.91. The summed E-state index contributed by atoms with van der Waals surface area (Å²) in [4.78, 5) is 26.1. The quantitative estimate of drug-likeness (QED) is 0.485. The summed E-state index contributed by atoms with van der Waals surface area (Å²) in [5.74, 6) is -0.901. The molecular formula is C9H7NO4. The van der Waals surface area contributed by atoms with Crippen molar-refractivity contribution < 1.29 is 19.1 Å². The van der Waals surface area contributed by atoms with Crippen molar-refractivity contribution >= 4 is 11.9 Å². The summed E-state index contributed by atoms with van der Waals surface area (Å²) in [7, 11) is 1.47. The van der Waals surface area contributed by atoms with Crippen molar-refractivity contribution in [2.24, 2.45) is 0 Å². The molecule has 2 rings (SSSR count). The topological polar surface area (TPSA) is 65.5 Å². The number of aryl methyl sites for hydroxylation is 1. The highest BCUT2D eigenvalue weighted by Crippen LogP contribution is 2.24. The largest absolute Gasteiger partial charge is 0.495 e. The number of esters is 2. The van der Waals surface area contributed by atoms with Gasteiger partial charge in [0.15, 0.2) is 5.69 Å². The first-order valence-electron chi connectivity index (χ1n) is 3.95. The van der Waals surface area contributed by atoms with E-state index in [0.717, 1.165) is 0 Å². The highest BCUT2D eigenvalue weighted by Gasteiger charge is 2.32. The Labute approximate surface area is 79.7 Å². The first kappa shape index (κ1) is 8.68. The Balaban J connectivity index is 2.65. The maximum atomic E-state index is 11.1. The van der Waals surface area contributed by atoms with Gasteiger partial charge in [-0.15, -0.1) is 0 Å². The fourth-order valence-corrected chi connectivity index (χ4v) is 1.29. The second kappa shape index (κ2) is 2.80. The summed E-state index contributed by atoms with van der Waals surface area (Å²) in [6.45, 7) is 1.69. The van der Waals surface area contributed by atoms with E-state index in [2.05, 4.69) is 9.72 Å². The molecule has 0 aromatic carbocycles. The van der Waals surface area contributed by atoms with Crippen molar-refractivity contribution in [2.45, 2.75) is 6.92 Å². The predicted molar refractivity (Wildman–Crippen MR) is 45.3 cm³/mol. The van der Waals surface area contributed by atoms with Crippen molar-refractivity contribution in [3.05, 3.63) is 23.0 Å². The molecule has 5 nitrogen and oxygen atoms in total. The molecule has 0 N–H and O–H groups in total. The molecule has 1 aliphatic heterocycles. The molecule has 0 saturated carbocycles. The van der Waals surface area contributed by atoms with Gasteiger partial charge in [-0.05, 0) is 13.0 Å². The summed E-state index contributed by atoms with van der Waals surface area (Å²) in [5, 5.41) is 0. The number of nitrogens with zero attached hydrogens (tertiary/aromatic N) is 1. The Kier molecular flexibility index (Phi) is 1.73. The lowest BCUT2D eigenvalue weighted by molar-refractivity contribution is 0.0441. The van der Waals surface area contributed by atoms with Gasteiger partial charge in [-0.3, -0.25) is 0 Å². The summed E-state index contributed by atoms with van der Waals surface area (Å²) >= 11 is 0. The Morgan fingerprint density at radius 3 is 2.71 bits per heavy atom. The Morgan fingerprint density at radius 1 is 1.36 bits per heavy atom. The van der Waals surface area contributed by atoms with Gasteiger partial charge in [-0.1, -0.05) is 0 Å². The third-order valence-electron chi connectivity index (χ3n) is 1.99. The smallest absolute Gasteiger partial charge is 0.365 e. The zero-order valence-corrected chi connectivity index (χ0v) is 7.66. The van der Waals surface area contributed by atoms with Crippen LogP contribution in [0.15, 0.2) is 6.07 Å². The van der Waals surface area contributed by atoms with Gasteiger partial charge in [0.05, 0.1) is 18.4 Å². The molecule has 72 valence electrons. The van der Waals surface area contributed by atoms with Crippen LogP contribution >= 0.6 is 0 Å². The van der Waals surface area contributed by atoms with E-state index < -0.39 is 11.9 Å². The summed E-state index contributed by atoms with van der Waals surface area (Å²) in [6, 6.07) is 1.46. The molecule has 5 heteroatoms. The molecule has 0 unspecified atom stereocenters. The highest BCUT2D eigenvalue weighted by molar-refractivity contribution is 6.13. The molecule has 1 aromatic rings. The number of fused-ring (bicyclic) bond motifs is 1. The zero-order chi connectivity index (χ0) is 10.3. The number of ether oxygens (including phenoxy) is 2. The van der Waals surface area contributed by atoms with Crippen LogP contribution in [0.1, 0.15) is 26.5 Å². The van der Waals surface area contributed by atoms with Crippen molar-refractivity contribution in [2.75, 3.05) is 7.11 Å². The lowest BCUT2D eigenvalue weighted by atomic mass is 10.2. The minimum atomic E-state index is -0.698. The van der Waals surface area contributed by atoms with Crippen LogP contribution in [0.3, 0.4) is 0 Å². The summed E-state index contributed by atoms with van der Waals surface area (Å²) in [5.41, 5.74) is 0.781. The summed E-state index contributed by atoms with van der Waals surface area (Å²) in [6.07, 6.45) is 0. The van der Waals surface area contributed by atoms with Gasteiger partial charge in [0, 0.05) is 0 Å². The van der Waals surface area contributed by atoms with Gasteiger partial charge in [0.1, 0.15) is 5.75 Å². The fourth-order valence-electron chi connectivity index (χ4n) is 1.29. The van der Waals surface area contributed by atoms with Crippen LogP contribution in [0.2, 0.25) is 0 Å². The minimum Gasteiger partial charge on any atom is -0.495 e. The second-order valence-electron chi connectivity index (χ2n) is 2.85. The molecule has 14 heavy (non-hydrogen) atoms. The molecule has 0 saturated heterocycles. The third-order valence-corrected chi connectivity index (χ3v) is 1.99. The van der Waals surface area contributed by atoms with Crippen LogP contribution in [0.4, 0.5) is 0 Å². The van der Waals surface area contributed by atoms with Crippen LogP contribution in [0.25, 0.3) is 0 Å². The normalized spacial score (nSPS) is 13.9. The van der Waals surface area contributed by atoms with Crippen LogP contribution in [0.5, 0.6) is 5.75 Å². The number of hydrogen-bond acceptors (Lipinski definition) is 5. The van der Waals surface area contributed by atoms with Crippen molar-refractivity contribution in [3.63, 3.8) is 0 Å². The van der Waals surface area contributed by atoms with Gasteiger partial charge in [0.25, 0.3) is 0 Å². The molecule has 2 heterocycles. The van der Waals surface area contributed by atoms with Gasteiger partial charge in [0.2, 0.25) is 0 Å². The fraction of sp³-hybridized carbons (Fsp3) is 0.222. The molecule has 0 fully saturated rings. The standard InChI is InChI=1S/C9H7NO4/c1-4-6(13-2)3-5-7(10-4)9(12)14-8(5)11/h3H,1-2H3. The molecule has 0 aliphatic carbocycles. The van der Waals surface area contributed by atoms with E-state index in [0.29, 0.717) is 11.4 Å².